The van der Waals surface area contributed by atoms with E-state index in [2.05, 4.69) is 5.16 Å². The van der Waals surface area contributed by atoms with E-state index in [1.807, 2.05) is 0 Å². The number of carbonyl (C=O) groups is 2. The maximum absolute atomic E-state index is 12.5. The van der Waals surface area contributed by atoms with E-state index in [1.165, 1.54) is 29.8 Å². The van der Waals surface area contributed by atoms with Crippen LogP contribution in [0.3, 0.4) is 0 Å². The first-order valence-electron chi connectivity index (χ1n) is 5.85. The lowest BCUT2D eigenvalue weighted by molar-refractivity contribution is -1.02. The number of carbonyl (C=O) groups excluding carboxylic acids is 2. The molecule has 0 fully saturated rings. The van der Waals surface area contributed by atoms with E-state index < -0.39 is 0 Å². The molecule has 0 amide bonds. The Morgan fingerprint density at radius 2 is 1.76 bits per heavy atom. The van der Waals surface area contributed by atoms with E-state index in [0.717, 1.165) is 4.90 Å². The highest BCUT2D eigenvalue weighted by molar-refractivity contribution is 7.12. The number of aromatic nitrogens is 2. The molecule has 0 spiro atoms. The molecule has 0 aliphatic heterocycles. The Bertz CT molecular complexity index is 775. The maximum Gasteiger partial charge on any atom is 0.331 e. The molecular formula is C13H9N2O4S2+. The monoisotopic (exact) mass is 321 g/mol. The van der Waals surface area contributed by atoms with Crippen LogP contribution in [0.4, 0.5) is 0 Å². The second kappa shape index (κ2) is 5.58. The molecule has 106 valence electrons. The average molecular weight is 321 g/mol. The number of hydrogen-bond acceptors (Lipinski definition) is 7. The van der Waals surface area contributed by atoms with Gasteiger partial charge in [-0.3, -0.25) is 9.59 Å². The van der Waals surface area contributed by atoms with Crippen LogP contribution in [0, 0.1) is 0 Å². The second-order valence-electron chi connectivity index (χ2n) is 3.92. The SMILES string of the molecule is CO[n+]1onc(C(=O)c2cccs2)c1C(=O)c1cccs1. The zero-order valence-electron chi connectivity index (χ0n) is 10.8. The minimum absolute atomic E-state index is 0.0154. The van der Waals surface area contributed by atoms with Crippen molar-refractivity contribution in [3.8, 4) is 0 Å². The minimum atomic E-state index is -0.371. The molecular weight excluding hydrogens is 312 g/mol. The van der Waals surface area contributed by atoms with Gasteiger partial charge >= 0.3 is 11.4 Å². The third-order valence-corrected chi connectivity index (χ3v) is 4.44. The summed E-state index contributed by atoms with van der Waals surface area (Å²) >= 11 is 2.54. The van der Waals surface area contributed by atoms with Crippen molar-refractivity contribution in [3.63, 3.8) is 0 Å². The second-order valence-corrected chi connectivity index (χ2v) is 5.82. The number of rotatable bonds is 5. The molecule has 3 aromatic rings. The fraction of sp³-hybridized carbons (Fsp3) is 0.0769. The molecule has 0 saturated carbocycles. The number of nitrogens with zero attached hydrogens (tertiary/aromatic N) is 2. The van der Waals surface area contributed by atoms with E-state index in [1.54, 1.807) is 35.0 Å². The van der Waals surface area contributed by atoms with Crippen LogP contribution in [0.15, 0.2) is 39.7 Å². The van der Waals surface area contributed by atoms with E-state index in [0.29, 0.717) is 9.75 Å². The van der Waals surface area contributed by atoms with Gasteiger partial charge in [-0.25, -0.2) is 0 Å². The molecule has 0 aliphatic rings. The normalized spacial score (nSPS) is 10.5. The van der Waals surface area contributed by atoms with Gasteiger partial charge < -0.3 is 4.84 Å². The predicted molar refractivity (Wildman–Crippen MR) is 74.7 cm³/mol. The Morgan fingerprint density at radius 1 is 1.14 bits per heavy atom. The van der Waals surface area contributed by atoms with Crippen molar-refractivity contribution in [3.05, 3.63) is 56.2 Å². The summed E-state index contributed by atoms with van der Waals surface area (Å²) < 4.78 is 4.90. The highest BCUT2D eigenvalue weighted by Gasteiger charge is 2.38. The van der Waals surface area contributed by atoms with Crippen molar-refractivity contribution in [2.45, 2.75) is 0 Å². The molecule has 3 aromatic heterocycles. The largest absolute Gasteiger partial charge is 0.331 e. The Balaban J connectivity index is 2.09. The fourth-order valence-corrected chi connectivity index (χ4v) is 3.09. The summed E-state index contributed by atoms with van der Waals surface area (Å²) in [6, 6.07) is 6.84. The van der Waals surface area contributed by atoms with Crippen molar-refractivity contribution >= 4 is 34.2 Å². The first kappa shape index (κ1) is 13.7. The average Bonchev–Trinajstić information content (AvgIpc) is 3.26. The lowest BCUT2D eigenvalue weighted by Gasteiger charge is -1.94. The van der Waals surface area contributed by atoms with Gasteiger partial charge in [0, 0.05) is 0 Å². The van der Waals surface area contributed by atoms with E-state index in [4.69, 9.17) is 9.47 Å². The lowest BCUT2D eigenvalue weighted by Crippen LogP contribution is -2.44. The molecule has 0 N–H and O–H groups in total. The molecule has 0 atom stereocenters. The molecule has 0 bridgehead atoms. The van der Waals surface area contributed by atoms with Crippen LogP contribution >= 0.6 is 22.7 Å². The van der Waals surface area contributed by atoms with Crippen LogP contribution in [0.2, 0.25) is 0 Å². The van der Waals surface area contributed by atoms with Crippen LogP contribution in [0.1, 0.15) is 30.7 Å². The van der Waals surface area contributed by atoms with E-state index in [9.17, 15) is 9.59 Å². The van der Waals surface area contributed by atoms with Crippen LogP contribution in [0.5, 0.6) is 0 Å². The van der Waals surface area contributed by atoms with Gasteiger partial charge in [0.15, 0.2) is 5.16 Å². The van der Waals surface area contributed by atoms with Crippen molar-refractivity contribution in [2.75, 3.05) is 7.11 Å². The number of hydrogen-bond donors (Lipinski definition) is 0. The quantitative estimate of drug-likeness (QED) is 0.668. The van der Waals surface area contributed by atoms with Crippen molar-refractivity contribution in [1.82, 2.24) is 5.16 Å². The molecule has 3 heterocycles. The summed E-state index contributed by atoms with van der Waals surface area (Å²) in [6.45, 7) is 0. The Hall–Kier alpha value is -2.32. The summed E-state index contributed by atoms with van der Waals surface area (Å²) in [5.74, 6) is -0.738. The first-order chi connectivity index (χ1) is 10.2. The Kier molecular flexibility index (Phi) is 3.63. The third kappa shape index (κ3) is 2.39. The summed E-state index contributed by atoms with van der Waals surface area (Å²) in [7, 11) is 1.33. The third-order valence-electron chi connectivity index (χ3n) is 2.70. The lowest BCUT2D eigenvalue weighted by atomic mass is 10.1. The predicted octanol–water partition coefficient (Wildman–Crippen LogP) is 1.61. The van der Waals surface area contributed by atoms with Crippen molar-refractivity contribution in [1.29, 1.82) is 0 Å². The van der Waals surface area contributed by atoms with Gasteiger partial charge in [0.05, 0.1) is 9.75 Å². The van der Waals surface area contributed by atoms with Gasteiger partial charge in [0.1, 0.15) is 12.0 Å². The van der Waals surface area contributed by atoms with Crippen molar-refractivity contribution in [2.24, 2.45) is 0 Å². The molecule has 0 saturated heterocycles. The molecule has 0 radical (unpaired) electrons. The summed E-state index contributed by atoms with van der Waals surface area (Å²) in [5, 5.41) is 7.23. The molecule has 6 nitrogen and oxygen atoms in total. The van der Waals surface area contributed by atoms with Crippen LogP contribution in [-0.4, -0.2) is 23.8 Å². The Labute approximate surface area is 127 Å². The summed E-state index contributed by atoms with van der Waals surface area (Å²) in [5.41, 5.74) is -0.0731. The fourth-order valence-electron chi connectivity index (χ4n) is 1.76. The van der Waals surface area contributed by atoms with Gasteiger partial charge in [0.25, 0.3) is 11.6 Å². The highest BCUT2D eigenvalue weighted by Crippen LogP contribution is 2.19. The van der Waals surface area contributed by atoms with Crippen molar-refractivity contribution < 1.29 is 24.0 Å². The number of ketones is 2. The molecule has 3 rings (SSSR count). The van der Waals surface area contributed by atoms with Gasteiger partial charge in [-0.05, 0) is 27.5 Å². The zero-order chi connectivity index (χ0) is 14.8. The topological polar surface area (TPSA) is 73.3 Å². The summed E-state index contributed by atoms with van der Waals surface area (Å²) in [6.07, 6.45) is 0. The van der Waals surface area contributed by atoms with Crippen LogP contribution < -0.4 is 9.74 Å². The van der Waals surface area contributed by atoms with E-state index in [-0.39, 0.29) is 23.0 Å². The van der Waals surface area contributed by atoms with Crippen LogP contribution in [0.25, 0.3) is 0 Å². The molecule has 0 aliphatic carbocycles. The van der Waals surface area contributed by atoms with Gasteiger partial charge in [-0.15, -0.1) is 22.7 Å². The van der Waals surface area contributed by atoms with Gasteiger partial charge in [-0.2, -0.15) is 0 Å². The van der Waals surface area contributed by atoms with Gasteiger partial charge in [-0.1, -0.05) is 12.1 Å². The molecule has 0 unspecified atom stereocenters. The van der Waals surface area contributed by atoms with E-state index >= 15 is 0 Å². The zero-order valence-corrected chi connectivity index (χ0v) is 12.4. The highest BCUT2D eigenvalue weighted by atomic mass is 32.1. The Morgan fingerprint density at radius 3 is 2.29 bits per heavy atom. The standard InChI is InChI=1S/C13H9N2O4S2/c1-18-15-11(13(17)9-5-3-7-21-9)10(14-19-15)12(16)8-4-2-6-20-8/h2-7H,1H3/q+1. The maximum atomic E-state index is 12.5. The molecule has 0 aromatic carbocycles. The molecule has 21 heavy (non-hydrogen) atoms. The van der Waals surface area contributed by atoms with Gasteiger partial charge in [0.2, 0.25) is 0 Å². The summed E-state index contributed by atoms with van der Waals surface area (Å²) in [4.78, 5) is 31.6. The van der Waals surface area contributed by atoms with Crippen LogP contribution in [-0.2, 0) is 0 Å². The smallest absolute Gasteiger partial charge is 0.305 e. The molecule has 8 heteroatoms. The number of thiophene rings is 2. The first-order valence-corrected chi connectivity index (χ1v) is 7.61. The minimum Gasteiger partial charge on any atom is -0.305 e.